The molecule has 0 aliphatic heterocycles. The first-order valence-corrected chi connectivity index (χ1v) is 6.85. The molecule has 0 unspecified atom stereocenters. The van der Waals surface area contributed by atoms with Gasteiger partial charge in [-0.25, -0.2) is 17.9 Å². The highest BCUT2D eigenvalue weighted by atomic mass is 32.2. The zero-order valence-electron chi connectivity index (χ0n) is 10.4. The lowest BCUT2D eigenvalue weighted by Gasteiger charge is -2.07. The number of sulfonamides is 1. The van der Waals surface area contributed by atoms with Crippen LogP contribution in [0.2, 0.25) is 0 Å². The van der Waals surface area contributed by atoms with Crippen molar-refractivity contribution in [2.45, 2.75) is 18.2 Å². The number of hydrogen-bond acceptors (Lipinski definition) is 5. The molecule has 0 fully saturated rings. The third-order valence-corrected chi connectivity index (χ3v) is 3.10. The Kier molecular flexibility index (Phi) is 5.01. The molecule has 0 saturated carbocycles. The summed E-state index contributed by atoms with van der Waals surface area (Å²) in [4.78, 5) is 9.01. The summed E-state index contributed by atoms with van der Waals surface area (Å²) < 4.78 is 40.8. The van der Waals surface area contributed by atoms with E-state index in [4.69, 9.17) is 9.88 Å². The summed E-state index contributed by atoms with van der Waals surface area (Å²) in [5, 5.41) is 15.6. The van der Waals surface area contributed by atoms with Gasteiger partial charge >= 0.3 is 5.69 Å². The number of rotatable bonds is 5. The topological polar surface area (TPSA) is 113 Å². The van der Waals surface area contributed by atoms with Gasteiger partial charge < -0.3 is 4.74 Å². The Labute approximate surface area is 114 Å². The summed E-state index contributed by atoms with van der Waals surface area (Å²) in [5.41, 5.74) is -0.681. The van der Waals surface area contributed by atoms with Crippen LogP contribution >= 0.6 is 0 Å². The molecular weight excluding hydrogens is 291 g/mol. The fourth-order valence-corrected chi connectivity index (χ4v) is 1.94. The highest BCUT2D eigenvalue weighted by Crippen LogP contribution is 2.31. The van der Waals surface area contributed by atoms with Crippen LogP contribution in [0.3, 0.4) is 0 Å². The van der Waals surface area contributed by atoms with Crippen molar-refractivity contribution in [2.24, 2.45) is 5.14 Å². The standard InChI is InChI=1S/C11H11FN2O5S/c1-2-3-4-5-19-10-6-8(12)11(20(13,17)18)7-9(10)14(15)16/h6-7H,4-5H2,1H3,(H2,13,17,18). The minimum absolute atomic E-state index is 0.00976. The maximum absolute atomic E-state index is 13.6. The number of nitrogens with two attached hydrogens (primary N) is 1. The van der Waals surface area contributed by atoms with Crippen molar-refractivity contribution >= 4 is 15.7 Å². The SMILES string of the molecule is CC#CCCOc1cc(F)c(S(N)(=O)=O)cc1[N+](=O)[O-]. The lowest BCUT2D eigenvalue weighted by Crippen LogP contribution is -2.15. The summed E-state index contributed by atoms with van der Waals surface area (Å²) >= 11 is 0. The van der Waals surface area contributed by atoms with Gasteiger partial charge in [-0.3, -0.25) is 10.1 Å². The monoisotopic (exact) mass is 302 g/mol. The Morgan fingerprint density at radius 2 is 2.15 bits per heavy atom. The first-order valence-electron chi connectivity index (χ1n) is 5.30. The molecule has 0 aromatic heterocycles. The second-order valence-corrected chi connectivity index (χ2v) is 5.11. The Bertz CT molecular complexity index is 691. The van der Waals surface area contributed by atoms with E-state index in [1.165, 1.54) is 0 Å². The number of ether oxygens (including phenoxy) is 1. The lowest BCUT2D eigenvalue weighted by atomic mass is 10.3. The van der Waals surface area contributed by atoms with Gasteiger partial charge in [-0.1, -0.05) is 0 Å². The van der Waals surface area contributed by atoms with E-state index < -0.39 is 31.3 Å². The van der Waals surface area contributed by atoms with E-state index in [9.17, 15) is 22.9 Å². The molecule has 0 heterocycles. The minimum Gasteiger partial charge on any atom is -0.486 e. The average Bonchev–Trinajstić information content (AvgIpc) is 2.32. The molecule has 0 atom stereocenters. The molecule has 0 spiro atoms. The largest absolute Gasteiger partial charge is 0.486 e. The Hall–Kier alpha value is -2.18. The van der Waals surface area contributed by atoms with Crippen LogP contribution in [-0.2, 0) is 10.0 Å². The number of nitro benzene ring substituents is 1. The number of nitrogens with zero attached hydrogens (tertiary/aromatic N) is 1. The molecule has 1 aromatic carbocycles. The zero-order chi connectivity index (χ0) is 15.3. The summed E-state index contributed by atoms with van der Waals surface area (Å²) in [6, 6.07) is 1.16. The second kappa shape index (κ2) is 6.31. The molecule has 7 nitrogen and oxygen atoms in total. The summed E-state index contributed by atoms with van der Waals surface area (Å²) in [6.07, 6.45) is 0.298. The molecule has 0 aliphatic carbocycles. The van der Waals surface area contributed by atoms with Crippen LogP contribution in [0, 0.1) is 27.8 Å². The molecule has 0 aliphatic rings. The zero-order valence-corrected chi connectivity index (χ0v) is 11.2. The third kappa shape index (κ3) is 3.91. The molecule has 2 N–H and O–H groups in total. The van der Waals surface area contributed by atoms with Crippen molar-refractivity contribution < 1.29 is 22.5 Å². The summed E-state index contributed by atoms with van der Waals surface area (Å²) in [7, 11) is -4.39. The van der Waals surface area contributed by atoms with Crippen LogP contribution in [0.25, 0.3) is 0 Å². The van der Waals surface area contributed by atoms with E-state index in [1.54, 1.807) is 6.92 Å². The number of benzene rings is 1. The first-order chi connectivity index (χ1) is 9.27. The predicted octanol–water partition coefficient (Wildman–Crippen LogP) is 1.17. The minimum atomic E-state index is -4.39. The fourth-order valence-electron chi connectivity index (χ4n) is 1.34. The van der Waals surface area contributed by atoms with E-state index >= 15 is 0 Å². The maximum atomic E-state index is 13.6. The highest BCUT2D eigenvalue weighted by Gasteiger charge is 2.24. The molecule has 9 heteroatoms. The van der Waals surface area contributed by atoms with Crippen LogP contribution in [0.15, 0.2) is 17.0 Å². The quantitative estimate of drug-likeness (QED) is 0.380. The van der Waals surface area contributed by atoms with Crippen molar-refractivity contribution in [3.05, 3.63) is 28.1 Å². The lowest BCUT2D eigenvalue weighted by molar-refractivity contribution is -0.386. The van der Waals surface area contributed by atoms with Gasteiger partial charge in [0.25, 0.3) is 0 Å². The molecule has 0 saturated heterocycles. The number of nitro groups is 1. The first kappa shape index (κ1) is 15.9. The molecule has 1 aromatic rings. The van der Waals surface area contributed by atoms with Gasteiger partial charge in [-0.05, 0) is 6.92 Å². The Morgan fingerprint density at radius 1 is 1.50 bits per heavy atom. The van der Waals surface area contributed by atoms with Gasteiger partial charge in [-0.2, -0.15) is 0 Å². The van der Waals surface area contributed by atoms with Crippen molar-refractivity contribution in [3.8, 4) is 17.6 Å². The average molecular weight is 302 g/mol. The summed E-state index contributed by atoms with van der Waals surface area (Å²) in [5.74, 6) is 3.67. The van der Waals surface area contributed by atoms with Gasteiger partial charge in [0, 0.05) is 18.6 Å². The van der Waals surface area contributed by atoms with Crippen molar-refractivity contribution in [3.63, 3.8) is 0 Å². The molecule has 0 amide bonds. The fraction of sp³-hybridized carbons (Fsp3) is 0.273. The van der Waals surface area contributed by atoms with E-state index in [0.29, 0.717) is 18.6 Å². The normalized spacial score (nSPS) is 10.6. The van der Waals surface area contributed by atoms with Gasteiger partial charge in [0.1, 0.15) is 10.7 Å². The van der Waals surface area contributed by atoms with Crippen molar-refractivity contribution in [1.29, 1.82) is 0 Å². The molecule has 108 valence electrons. The third-order valence-electron chi connectivity index (χ3n) is 2.18. The number of primary sulfonamides is 1. The maximum Gasteiger partial charge on any atom is 0.312 e. The van der Waals surface area contributed by atoms with E-state index in [2.05, 4.69) is 11.8 Å². The summed E-state index contributed by atoms with van der Waals surface area (Å²) in [6.45, 7) is 1.62. The Morgan fingerprint density at radius 3 is 2.65 bits per heavy atom. The van der Waals surface area contributed by atoms with Gasteiger partial charge in [-0.15, -0.1) is 11.8 Å². The number of hydrogen-bond donors (Lipinski definition) is 1. The van der Waals surface area contributed by atoms with E-state index in [1.807, 2.05) is 0 Å². The molecule has 0 radical (unpaired) electrons. The van der Waals surface area contributed by atoms with Crippen molar-refractivity contribution in [1.82, 2.24) is 0 Å². The molecule has 20 heavy (non-hydrogen) atoms. The smallest absolute Gasteiger partial charge is 0.312 e. The Balaban J connectivity index is 3.20. The van der Waals surface area contributed by atoms with Gasteiger partial charge in [0.15, 0.2) is 5.75 Å². The molecular formula is C11H11FN2O5S. The number of halogens is 1. The van der Waals surface area contributed by atoms with Crippen LogP contribution in [-0.4, -0.2) is 19.9 Å². The van der Waals surface area contributed by atoms with E-state index in [0.717, 1.165) is 0 Å². The van der Waals surface area contributed by atoms with Crippen LogP contribution < -0.4 is 9.88 Å². The molecule has 1 rings (SSSR count). The second-order valence-electron chi connectivity index (χ2n) is 3.58. The van der Waals surface area contributed by atoms with Gasteiger partial charge in [0.2, 0.25) is 10.0 Å². The van der Waals surface area contributed by atoms with Crippen LogP contribution in [0.5, 0.6) is 5.75 Å². The predicted molar refractivity (Wildman–Crippen MR) is 68.0 cm³/mol. The van der Waals surface area contributed by atoms with Crippen molar-refractivity contribution in [2.75, 3.05) is 6.61 Å². The van der Waals surface area contributed by atoms with Gasteiger partial charge in [0.05, 0.1) is 11.5 Å². The molecule has 0 bridgehead atoms. The van der Waals surface area contributed by atoms with Crippen LogP contribution in [0.1, 0.15) is 13.3 Å². The highest BCUT2D eigenvalue weighted by molar-refractivity contribution is 7.89. The van der Waals surface area contributed by atoms with Crippen LogP contribution in [0.4, 0.5) is 10.1 Å². The van der Waals surface area contributed by atoms with E-state index in [-0.39, 0.29) is 12.4 Å².